The molecule has 0 heterocycles. The summed E-state index contributed by atoms with van der Waals surface area (Å²) in [6.45, 7) is 6.54. The summed E-state index contributed by atoms with van der Waals surface area (Å²) in [5.74, 6) is 0.0575. The van der Waals surface area contributed by atoms with Gasteiger partial charge >= 0.3 is 6.03 Å². The predicted molar refractivity (Wildman–Crippen MR) is 77.1 cm³/mol. The molecule has 2 unspecified atom stereocenters. The number of nitrogens with one attached hydrogen (secondary N) is 2. The summed E-state index contributed by atoms with van der Waals surface area (Å²) < 4.78 is 0. The fourth-order valence-corrected chi connectivity index (χ4v) is 1.76. The third kappa shape index (κ3) is 5.30. The molecule has 0 fully saturated rings. The van der Waals surface area contributed by atoms with Crippen LogP contribution >= 0.6 is 0 Å². The zero-order valence-electron chi connectivity index (χ0n) is 11.9. The third-order valence-electron chi connectivity index (χ3n) is 3.44. The van der Waals surface area contributed by atoms with Crippen molar-refractivity contribution >= 4 is 6.03 Å². The molecule has 0 aromatic heterocycles. The Kier molecular flexibility index (Phi) is 6.36. The molecular formula is C15H24N2O2. The molecule has 1 rings (SSSR count). The van der Waals surface area contributed by atoms with Crippen LogP contribution in [-0.4, -0.2) is 30.3 Å². The Morgan fingerprint density at radius 2 is 2.00 bits per heavy atom. The zero-order valence-corrected chi connectivity index (χ0v) is 11.9. The molecule has 0 saturated carbocycles. The maximum Gasteiger partial charge on any atom is 0.315 e. The largest absolute Gasteiger partial charge is 0.396 e. The Hall–Kier alpha value is -1.55. The van der Waals surface area contributed by atoms with Gasteiger partial charge in [-0.3, -0.25) is 0 Å². The molecule has 19 heavy (non-hydrogen) atoms. The van der Waals surface area contributed by atoms with E-state index < -0.39 is 0 Å². The van der Waals surface area contributed by atoms with Crippen molar-refractivity contribution < 1.29 is 9.90 Å². The zero-order chi connectivity index (χ0) is 14.3. The Morgan fingerprint density at radius 3 is 2.63 bits per heavy atom. The summed E-state index contributed by atoms with van der Waals surface area (Å²) in [5, 5.41) is 14.7. The van der Waals surface area contributed by atoms with Crippen LogP contribution in [0.1, 0.15) is 25.0 Å². The number of carbonyl (C=O) groups excluding carboxylic acids is 1. The van der Waals surface area contributed by atoms with E-state index in [1.807, 2.05) is 26.0 Å². The van der Waals surface area contributed by atoms with Gasteiger partial charge in [-0.25, -0.2) is 4.79 Å². The summed E-state index contributed by atoms with van der Waals surface area (Å²) in [7, 11) is 0. The second kappa shape index (κ2) is 7.79. The minimum Gasteiger partial charge on any atom is -0.396 e. The molecule has 0 bridgehead atoms. The lowest BCUT2D eigenvalue weighted by Gasteiger charge is -2.19. The van der Waals surface area contributed by atoms with Gasteiger partial charge in [0.15, 0.2) is 0 Å². The summed E-state index contributed by atoms with van der Waals surface area (Å²) >= 11 is 0. The number of hydrogen-bond donors (Lipinski definition) is 3. The van der Waals surface area contributed by atoms with Crippen molar-refractivity contribution in [2.24, 2.45) is 5.92 Å². The first-order valence-electron chi connectivity index (χ1n) is 6.74. The molecule has 4 heteroatoms. The first kappa shape index (κ1) is 15.5. The topological polar surface area (TPSA) is 61.4 Å². The van der Waals surface area contributed by atoms with Crippen molar-refractivity contribution in [3.63, 3.8) is 0 Å². The highest BCUT2D eigenvalue weighted by Gasteiger charge is 2.13. The van der Waals surface area contributed by atoms with E-state index in [1.165, 1.54) is 11.1 Å². The lowest BCUT2D eigenvalue weighted by atomic mass is 10.1. The fourth-order valence-electron chi connectivity index (χ4n) is 1.76. The average molecular weight is 264 g/mol. The van der Waals surface area contributed by atoms with Crippen molar-refractivity contribution in [1.82, 2.24) is 10.6 Å². The second-order valence-corrected chi connectivity index (χ2v) is 5.03. The molecule has 0 radical (unpaired) electrons. The molecule has 0 saturated heterocycles. The van der Waals surface area contributed by atoms with Crippen LogP contribution < -0.4 is 10.6 Å². The smallest absolute Gasteiger partial charge is 0.315 e. The van der Waals surface area contributed by atoms with Gasteiger partial charge in [0.25, 0.3) is 0 Å². The second-order valence-electron chi connectivity index (χ2n) is 5.03. The molecule has 4 nitrogen and oxygen atoms in total. The Balaban J connectivity index is 2.30. The minimum atomic E-state index is -0.179. The Bertz CT molecular complexity index is 407. The van der Waals surface area contributed by atoms with E-state index in [4.69, 9.17) is 5.11 Å². The summed E-state index contributed by atoms with van der Waals surface area (Å²) in [6, 6.07) is 7.95. The van der Waals surface area contributed by atoms with Crippen molar-refractivity contribution in [3.8, 4) is 0 Å². The summed E-state index contributed by atoms with van der Waals surface area (Å²) in [5.41, 5.74) is 2.49. The van der Waals surface area contributed by atoms with E-state index in [2.05, 4.69) is 29.7 Å². The van der Waals surface area contributed by atoms with E-state index in [-0.39, 0.29) is 24.6 Å². The number of aryl methyl sites for hydroxylation is 1. The number of urea groups is 1. The van der Waals surface area contributed by atoms with Crippen LogP contribution in [0.25, 0.3) is 0 Å². The molecule has 2 amide bonds. The van der Waals surface area contributed by atoms with Crippen molar-refractivity contribution in [2.45, 2.75) is 33.2 Å². The van der Waals surface area contributed by atoms with Crippen LogP contribution in [0.4, 0.5) is 4.79 Å². The van der Waals surface area contributed by atoms with E-state index in [0.717, 1.165) is 6.42 Å². The Labute approximate surface area is 115 Å². The fraction of sp³-hybridized carbons (Fsp3) is 0.533. The molecule has 1 aromatic rings. The molecule has 1 aromatic carbocycles. The van der Waals surface area contributed by atoms with Crippen LogP contribution in [0.5, 0.6) is 0 Å². The van der Waals surface area contributed by atoms with E-state index in [9.17, 15) is 4.79 Å². The number of rotatable bonds is 6. The number of aliphatic hydroxyl groups is 1. The van der Waals surface area contributed by atoms with Gasteiger partial charge in [0.1, 0.15) is 0 Å². The highest BCUT2D eigenvalue weighted by Crippen LogP contribution is 2.06. The predicted octanol–water partition coefficient (Wildman–Crippen LogP) is 1.85. The molecule has 2 atom stereocenters. The molecule has 106 valence electrons. The van der Waals surface area contributed by atoms with E-state index >= 15 is 0 Å². The van der Waals surface area contributed by atoms with E-state index in [0.29, 0.717) is 6.54 Å². The maximum absolute atomic E-state index is 11.6. The lowest BCUT2D eigenvalue weighted by Crippen LogP contribution is -2.44. The number of benzene rings is 1. The quantitative estimate of drug-likeness (QED) is 0.734. The van der Waals surface area contributed by atoms with Crippen LogP contribution in [0.15, 0.2) is 24.3 Å². The van der Waals surface area contributed by atoms with Gasteiger partial charge in [-0.2, -0.15) is 0 Å². The van der Waals surface area contributed by atoms with Crippen LogP contribution in [0.2, 0.25) is 0 Å². The van der Waals surface area contributed by atoms with Gasteiger partial charge in [0, 0.05) is 19.2 Å². The molecular weight excluding hydrogens is 240 g/mol. The lowest BCUT2D eigenvalue weighted by molar-refractivity contribution is 0.200. The monoisotopic (exact) mass is 264 g/mol. The van der Waals surface area contributed by atoms with E-state index in [1.54, 1.807) is 0 Å². The number of aliphatic hydroxyl groups excluding tert-OH is 1. The third-order valence-corrected chi connectivity index (χ3v) is 3.44. The van der Waals surface area contributed by atoms with Crippen LogP contribution in [0, 0.1) is 12.8 Å². The minimum absolute atomic E-state index is 0.0385. The maximum atomic E-state index is 11.6. The molecule has 3 N–H and O–H groups in total. The van der Waals surface area contributed by atoms with Crippen LogP contribution in [-0.2, 0) is 6.42 Å². The SMILES string of the molecule is Cc1ccccc1CCNC(=O)NC(C)C(C)CO. The average Bonchev–Trinajstić information content (AvgIpc) is 2.40. The van der Waals surface area contributed by atoms with Crippen LogP contribution in [0.3, 0.4) is 0 Å². The first-order valence-corrected chi connectivity index (χ1v) is 6.74. The standard InChI is InChI=1S/C15H24N2O2/c1-11-6-4-5-7-14(11)8-9-16-15(19)17-13(3)12(2)10-18/h4-7,12-13,18H,8-10H2,1-3H3,(H2,16,17,19). The number of hydrogen-bond acceptors (Lipinski definition) is 2. The highest BCUT2D eigenvalue weighted by atomic mass is 16.3. The van der Waals surface area contributed by atoms with Gasteiger partial charge in [-0.15, -0.1) is 0 Å². The van der Waals surface area contributed by atoms with Gasteiger partial charge < -0.3 is 15.7 Å². The normalized spacial score (nSPS) is 13.7. The molecule has 0 aliphatic rings. The van der Waals surface area contributed by atoms with Gasteiger partial charge in [0.05, 0.1) is 0 Å². The summed E-state index contributed by atoms with van der Waals surface area (Å²) in [4.78, 5) is 11.6. The van der Waals surface area contributed by atoms with Gasteiger partial charge in [0.2, 0.25) is 0 Å². The van der Waals surface area contributed by atoms with Gasteiger partial charge in [-0.1, -0.05) is 31.2 Å². The number of amides is 2. The molecule has 0 spiro atoms. The van der Waals surface area contributed by atoms with Crippen molar-refractivity contribution in [3.05, 3.63) is 35.4 Å². The van der Waals surface area contributed by atoms with Crippen molar-refractivity contribution in [2.75, 3.05) is 13.2 Å². The Morgan fingerprint density at radius 1 is 1.32 bits per heavy atom. The van der Waals surface area contributed by atoms with Gasteiger partial charge in [-0.05, 0) is 37.3 Å². The van der Waals surface area contributed by atoms with Crippen molar-refractivity contribution in [1.29, 1.82) is 0 Å². The first-order chi connectivity index (χ1) is 9.04. The molecule has 0 aliphatic carbocycles. The number of carbonyl (C=O) groups is 1. The highest BCUT2D eigenvalue weighted by molar-refractivity contribution is 5.74. The summed E-state index contributed by atoms with van der Waals surface area (Å²) in [6.07, 6.45) is 0.823. The molecule has 0 aliphatic heterocycles.